The fraction of sp³-hybridized carbons (Fsp3) is 0.667. The molecular formula is C18H27NO2. The monoisotopic (exact) mass is 289 g/mol. The first-order valence-electron chi connectivity index (χ1n) is 8.41. The summed E-state index contributed by atoms with van der Waals surface area (Å²) in [6, 6.07) is 10.5. The van der Waals surface area contributed by atoms with E-state index in [1.165, 1.54) is 32.1 Å². The van der Waals surface area contributed by atoms with Gasteiger partial charge in [-0.1, -0.05) is 30.3 Å². The number of aliphatic hydroxyl groups excluding tert-OH is 1. The van der Waals surface area contributed by atoms with Crippen molar-refractivity contribution in [2.24, 2.45) is 0 Å². The predicted octanol–water partition coefficient (Wildman–Crippen LogP) is 3.14. The molecule has 0 aliphatic carbocycles. The average molecular weight is 289 g/mol. The van der Waals surface area contributed by atoms with Gasteiger partial charge in [0.15, 0.2) is 0 Å². The summed E-state index contributed by atoms with van der Waals surface area (Å²) in [6.45, 7) is 3.13. The van der Waals surface area contributed by atoms with Crippen molar-refractivity contribution in [2.75, 3.05) is 19.7 Å². The number of hydrogen-bond acceptors (Lipinski definition) is 3. The second-order valence-electron chi connectivity index (χ2n) is 6.44. The highest BCUT2D eigenvalue weighted by atomic mass is 16.5. The van der Waals surface area contributed by atoms with Gasteiger partial charge in [0.1, 0.15) is 0 Å². The molecule has 116 valence electrons. The lowest BCUT2D eigenvalue weighted by Crippen LogP contribution is -2.39. The minimum absolute atomic E-state index is 0.343. The molecule has 2 aliphatic heterocycles. The van der Waals surface area contributed by atoms with Crippen molar-refractivity contribution in [2.45, 2.75) is 56.8 Å². The zero-order valence-corrected chi connectivity index (χ0v) is 12.8. The summed E-state index contributed by atoms with van der Waals surface area (Å²) in [5.74, 6) is 0. The van der Waals surface area contributed by atoms with Crippen LogP contribution < -0.4 is 0 Å². The van der Waals surface area contributed by atoms with Crippen LogP contribution in [0.5, 0.6) is 0 Å². The van der Waals surface area contributed by atoms with Crippen LogP contribution in [0.3, 0.4) is 0 Å². The van der Waals surface area contributed by atoms with Gasteiger partial charge in [-0.3, -0.25) is 4.90 Å². The Labute approximate surface area is 127 Å². The van der Waals surface area contributed by atoms with Gasteiger partial charge in [0.2, 0.25) is 0 Å². The van der Waals surface area contributed by atoms with Crippen LogP contribution in [0.2, 0.25) is 0 Å². The molecule has 0 radical (unpaired) electrons. The predicted molar refractivity (Wildman–Crippen MR) is 84.2 cm³/mol. The van der Waals surface area contributed by atoms with E-state index in [0.29, 0.717) is 12.1 Å². The fourth-order valence-corrected chi connectivity index (χ4v) is 3.68. The molecular weight excluding hydrogens is 262 g/mol. The SMILES string of the molecule is O[C@H](C[C@H]1CCCN1C[C@@H]1CCCCO1)c1ccccc1. The Bertz CT molecular complexity index is 416. The van der Waals surface area contributed by atoms with Crippen LogP contribution in [-0.4, -0.2) is 41.8 Å². The standard InChI is InChI=1S/C18H27NO2/c20-18(15-7-2-1-3-8-15)13-16-9-6-11-19(16)14-17-10-4-5-12-21-17/h1-3,7-8,16-18,20H,4-6,9-14H2/t16-,17+,18-/m1/s1. The number of likely N-dealkylation sites (tertiary alicyclic amines) is 1. The maximum atomic E-state index is 10.4. The Hall–Kier alpha value is -0.900. The Kier molecular flexibility index (Phi) is 5.28. The van der Waals surface area contributed by atoms with E-state index in [-0.39, 0.29) is 6.10 Å². The van der Waals surface area contributed by atoms with E-state index < -0.39 is 0 Å². The number of benzene rings is 1. The molecule has 3 rings (SSSR count). The molecule has 2 saturated heterocycles. The van der Waals surface area contributed by atoms with Crippen LogP contribution >= 0.6 is 0 Å². The summed E-state index contributed by atoms with van der Waals surface area (Å²) < 4.78 is 5.87. The first-order chi connectivity index (χ1) is 10.3. The molecule has 0 amide bonds. The third-order valence-corrected chi connectivity index (χ3v) is 4.89. The van der Waals surface area contributed by atoms with Gasteiger partial charge >= 0.3 is 0 Å². The molecule has 1 N–H and O–H groups in total. The maximum Gasteiger partial charge on any atom is 0.0805 e. The molecule has 3 atom stereocenters. The van der Waals surface area contributed by atoms with Crippen molar-refractivity contribution in [3.8, 4) is 0 Å². The number of ether oxygens (including phenoxy) is 1. The summed E-state index contributed by atoms with van der Waals surface area (Å²) in [6.07, 6.45) is 7.08. The molecule has 0 saturated carbocycles. The van der Waals surface area contributed by atoms with E-state index in [1.54, 1.807) is 0 Å². The molecule has 1 aromatic rings. The highest BCUT2D eigenvalue weighted by Crippen LogP contribution is 2.28. The van der Waals surface area contributed by atoms with Crippen LogP contribution in [0.15, 0.2) is 30.3 Å². The van der Waals surface area contributed by atoms with Gasteiger partial charge in [-0.05, 0) is 50.6 Å². The smallest absolute Gasteiger partial charge is 0.0805 e. The fourth-order valence-electron chi connectivity index (χ4n) is 3.68. The van der Waals surface area contributed by atoms with Crippen molar-refractivity contribution >= 4 is 0 Å². The highest BCUT2D eigenvalue weighted by molar-refractivity contribution is 5.17. The first-order valence-corrected chi connectivity index (χ1v) is 8.41. The quantitative estimate of drug-likeness (QED) is 0.904. The zero-order chi connectivity index (χ0) is 14.5. The van der Waals surface area contributed by atoms with E-state index >= 15 is 0 Å². The van der Waals surface area contributed by atoms with Crippen LogP contribution in [-0.2, 0) is 4.74 Å². The lowest BCUT2D eigenvalue weighted by Gasteiger charge is -2.32. The van der Waals surface area contributed by atoms with Gasteiger partial charge in [0, 0.05) is 19.2 Å². The minimum Gasteiger partial charge on any atom is -0.388 e. The lowest BCUT2D eigenvalue weighted by molar-refractivity contribution is -0.0115. The molecule has 0 spiro atoms. The van der Waals surface area contributed by atoms with Crippen LogP contribution in [0, 0.1) is 0 Å². The molecule has 2 fully saturated rings. The van der Waals surface area contributed by atoms with Crippen molar-refractivity contribution < 1.29 is 9.84 Å². The van der Waals surface area contributed by atoms with Crippen molar-refractivity contribution in [3.05, 3.63) is 35.9 Å². The van der Waals surface area contributed by atoms with Crippen molar-refractivity contribution in [3.63, 3.8) is 0 Å². The molecule has 0 unspecified atom stereocenters. The van der Waals surface area contributed by atoms with Crippen LogP contribution in [0.25, 0.3) is 0 Å². The first kappa shape index (κ1) is 15.0. The highest BCUT2D eigenvalue weighted by Gasteiger charge is 2.29. The Balaban J connectivity index is 1.54. The second kappa shape index (κ2) is 7.39. The molecule has 0 aromatic heterocycles. The largest absolute Gasteiger partial charge is 0.388 e. The maximum absolute atomic E-state index is 10.4. The van der Waals surface area contributed by atoms with Crippen molar-refractivity contribution in [1.82, 2.24) is 4.90 Å². The third-order valence-electron chi connectivity index (χ3n) is 4.89. The van der Waals surface area contributed by atoms with E-state index in [1.807, 2.05) is 30.3 Å². The zero-order valence-electron chi connectivity index (χ0n) is 12.8. The van der Waals surface area contributed by atoms with Gasteiger partial charge in [-0.25, -0.2) is 0 Å². The summed E-state index contributed by atoms with van der Waals surface area (Å²) >= 11 is 0. The molecule has 0 bridgehead atoms. The Morgan fingerprint density at radius 1 is 1.14 bits per heavy atom. The van der Waals surface area contributed by atoms with Crippen LogP contribution in [0.1, 0.15) is 50.2 Å². The van der Waals surface area contributed by atoms with Gasteiger partial charge in [0.05, 0.1) is 12.2 Å². The second-order valence-corrected chi connectivity index (χ2v) is 6.44. The number of nitrogens with zero attached hydrogens (tertiary/aromatic N) is 1. The molecule has 21 heavy (non-hydrogen) atoms. The Morgan fingerprint density at radius 3 is 2.76 bits per heavy atom. The van der Waals surface area contributed by atoms with Crippen molar-refractivity contribution in [1.29, 1.82) is 0 Å². The normalized spacial score (nSPS) is 28.6. The number of hydrogen-bond donors (Lipinski definition) is 1. The van der Waals surface area contributed by atoms with E-state index in [4.69, 9.17) is 4.74 Å². The van der Waals surface area contributed by atoms with Gasteiger partial charge in [-0.2, -0.15) is 0 Å². The van der Waals surface area contributed by atoms with Crippen LogP contribution in [0.4, 0.5) is 0 Å². The summed E-state index contributed by atoms with van der Waals surface area (Å²) in [7, 11) is 0. The minimum atomic E-state index is -0.343. The molecule has 1 aromatic carbocycles. The third kappa shape index (κ3) is 4.06. The lowest BCUT2D eigenvalue weighted by atomic mass is 10.00. The van der Waals surface area contributed by atoms with Gasteiger partial charge in [-0.15, -0.1) is 0 Å². The summed E-state index contributed by atoms with van der Waals surface area (Å²) in [4.78, 5) is 2.54. The van der Waals surface area contributed by atoms with Gasteiger partial charge in [0.25, 0.3) is 0 Å². The summed E-state index contributed by atoms with van der Waals surface area (Å²) in [5.41, 5.74) is 1.04. The molecule has 3 heteroatoms. The number of aliphatic hydroxyl groups is 1. The molecule has 2 heterocycles. The number of rotatable bonds is 5. The molecule has 2 aliphatic rings. The Morgan fingerprint density at radius 2 is 2.00 bits per heavy atom. The van der Waals surface area contributed by atoms with E-state index in [0.717, 1.165) is 31.7 Å². The van der Waals surface area contributed by atoms with E-state index in [2.05, 4.69) is 4.90 Å². The average Bonchev–Trinajstić information content (AvgIpc) is 2.96. The molecule has 3 nitrogen and oxygen atoms in total. The topological polar surface area (TPSA) is 32.7 Å². The van der Waals surface area contributed by atoms with E-state index in [9.17, 15) is 5.11 Å². The van der Waals surface area contributed by atoms with Gasteiger partial charge < -0.3 is 9.84 Å². The summed E-state index contributed by atoms with van der Waals surface area (Å²) in [5, 5.41) is 10.4.